The Labute approximate surface area is 125 Å². The van der Waals surface area contributed by atoms with Gasteiger partial charge in [-0.15, -0.1) is 0 Å². The smallest absolute Gasteiger partial charge is 0.276 e. The third-order valence-corrected chi connectivity index (χ3v) is 4.06. The molecule has 0 spiro atoms. The van der Waals surface area contributed by atoms with Crippen LogP contribution in [0.4, 0.5) is 0 Å². The molecule has 1 fully saturated rings. The van der Waals surface area contributed by atoms with E-state index in [1.54, 1.807) is 9.80 Å². The number of likely N-dealkylation sites (N-methyl/N-ethyl adjacent to an activating group) is 2. The highest BCUT2D eigenvalue weighted by Gasteiger charge is 2.34. The molecule has 0 unspecified atom stereocenters. The molecule has 1 saturated heterocycles. The number of hydrogen-bond acceptors (Lipinski definition) is 2. The van der Waals surface area contributed by atoms with Crippen molar-refractivity contribution in [2.45, 2.75) is 26.7 Å². The van der Waals surface area contributed by atoms with Crippen LogP contribution in [0.1, 0.15) is 37.8 Å². The highest BCUT2D eigenvalue weighted by molar-refractivity contribution is 7.80. The van der Waals surface area contributed by atoms with Gasteiger partial charge in [0.1, 0.15) is 5.70 Å². The first-order chi connectivity index (χ1) is 9.45. The van der Waals surface area contributed by atoms with Crippen molar-refractivity contribution in [3.63, 3.8) is 0 Å². The number of amides is 1. The van der Waals surface area contributed by atoms with E-state index in [4.69, 9.17) is 12.2 Å². The van der Waals surface area contributed by atoms with E-state index in [0.717, 1.165) is 5.56 Å². The molecule has 3 nitrogen and oxygen atoms in total. The zero-order valence-corrected chi connectivity index (χ0v) is 13.2. The van der Waals surface area contributed by atoms with Gasteiger partial charge in [0.2, 0.25) is 0 Å². The summed E-state index contributed by atoms with van der Waals surface area (Å²) < 4.78 is 0. The van der Waals surface area contributed by atoms with Crippen LogP contribution in [0.15, 0.2) is 30.0 Å². The number of nitrogens with zero attached hydrogens (tertiary/aromatic N) is 2. The zero-order valence-electron chi connectivity index (χ0n) is 12.4. The lowest BCUT2D eigenvalue weighted by atomic mass is 10.0. The fourth-order valence-electron chi connectivity index (χ4n) is 2.23. The number of carbonyl (C=O) groups excluding carboxylic acids is 1. The van der Waals surface area contributed by atoms with Gasteiger partial charge < -0.3 is 4.90 Å². The van der Waals surface area contributed by atoms with Crippen LogP contribution in [0.5, 0.6) is 0 Å². The van der Waals surface area contributed by atoms with E-state index >= 15 is 0 Å². The quantitative estimate of drug-likeness (QED) is 0.630. The molecule has 0 radical (unpaired) electrons. The Morgan fingerprint density at radius 2 is 1.85 bits per heavy atom. The van der Waals surface area contributed by atoms with Crippen LogP contribution >= 0.6 is 12.2 Å². The van der Waals surface area contributed by atoms with Gasteiger partial charge in [-0.25, -0.2) is 0 Å². The average Bonchev–Trinajstić information content (AvgIpc) is 2.63. The Bertz CT molecular complexity index is 560. The fourth-order valence-corrected chi connectivity index (χ4v) is 2.54. The molecule has 0 saturated carbocycles. The second kappa shape index (κ2) is 5.75. The van der Waals surface area contributed by atoms with Gasteiger partial charge in [-0.3, -0.25) is 9.69 Å². The predicted octanol–water partition coefficient (Wildman–Crippen LogP) is 3.23. The van der Waals surface area contributed by atoms with Crippen LogP contribution in [-0.2, 0) is 4.79 Å². The van der Waals surface area contributed by atoms with Crippen LogP contribution in [0.25, 0.3) is 6.08 Å². The summed E-state index contributed by atoms with van der Waals surface area (Å²) in [6.07, 6.45) is 1.90. The predicted molar refractivity (Wildman–Crippen MR) is 86.3 cm³/mol. The minimum absolute atomic E-state index is 0.0204. The second-order valence-electron chi connectivity index (χ2n) is 5.24. The summed E-state index contributed by atoms with van der Waals surface area (Å²) in [4.78, 5) is 15.7. The first-order valence-electron chi connectivity index (χ1n) is 6.87. The van der Waals surface area contributed by atoms with Crippen molar-refractivity contribution in [3.05, 3.63) is 41.1 Å². The molecule has 1 heterocycles. The van der Waals surface area contributed by atoms with E-state index in [0.29, 0.717) is 23.3 Å². The molecule has 1 aliphatic rings. The number of rotatable bonds is 3. The summed E-state index contributed by atoms with van der Waals surface area (Å²) in [5, 5.41) is 0.572. The van der Waals surface area contributed by atoms with Gasteiger partial charge in [0.15, 0.2) is 5.11 Å². The largest absolute Gasteiger partial charge is 0.317 e. The van der Waals surface area contributed by atoms with E-state index in [1.807, 2.05) is 32.2 Å². The molecule has 4 heteroatoms. The molecule has 1 amide bonds. The Morgan fingerprint density at radius 1 is 1.25 bits per heavy atom. The lowest BCUT2D eigenvalue weighted by molar-refractivity contribution is -0.122. The van der Waals surface area contributed by atoms with Gasteiger partial charge in [-0.05, 0) is 42.3 Å². The number of benzene rings is 1. The molecular weight excluding hydrogens is 268 g/mol. The van der Waals surface area contributed by atoms with Crippen molar-refractivity contribution < 1.29 is 4.79 Å². The van der Waals surface area contributed by atoms with Gasteiger partial charge >= 0.3 is 0 Å². The maximum Gasteiger partial charge on any atom is 0.276 e. The highest BCUT2D eigenvalue weighted by Crippen LogP contribution is 2.22. The standard InChI is InChI=1S/C16H20N2OS/c1-5-18-15(19)14(17(4)16(18)20)10-12-6-8-13(9-7-12)11(2)3/h6-11H,5H2,1-4H3. The third kappa shape index (κ3) is 2.61. The normalized spacial score (nSPS) is 17.8. The lowest BCUT2D eigenvalue weighted by Crippen LogP contribution is -2.30. The van der Waals surface area contributed by atoms with Gasteiger partial charge in [-0.1, -0.05) is 38.1 Å². The number of carbonyl (C=O) groups is 1. The Morgan fingerprint density at radius 3 is 2.30 bits per heavy atom. The van der Waals surface area contributed by atoms with Crippen LogP contribution in [-0.4, -0.2) is 34.4 Å². The molecule has 106 valence electrons. The Kier molecular flexibility index (Phi) is 4.23. The minimum atomic E-state index is -0.0204. The number of hydrogen-bond donors (Lipinski definition) is 0. The van der Waals surface area contributed by atoms with Crippen molar-refractivity contribution in [2.75, 3.05) is 13.6 Å². The van der Waals surface area contributed by atoms with E-state index < -0.39 is 0 Å². The average molecular weight is 288 g/mol. The van der Waals surface area contributed by atoms with Crippen LogP contribution in [0.3, 0.4) is 0 Å². The SMILES string of the molecule is CCN1C(=O)C(=Cc2ccc(C(C)C)cc2)N(C)C1=S. The van der Waals surface area contributed by atoms with E-state index in [2.05, 4.69) is 26.0 Å². The first kappa shape index (κ1) is 14.7. The Balaban J connectivity index is 2.31. The molecule has 1 aliphatic heterocycles. The maximum atomic E-state index is 12.3. The summed E-state index contributed by atoms with van der Waals surface area (Å²) in [5.74, 6) is 0.489. The summed E-state index contributed by atoms with van der Waals surface area (Å²) in [6.45, 7) is 6.86. The second-order valence-corrected chi connectivity index (χ2v) is 5.61. The van der Waals surface area contributed by atoms with Crippen molar-refractivity contribution in [2.24, 2.45) is 0 Å². The fraction of sp³-hybridized carbons (Fsp3) is 0.375. The van der Waals surface area contributed by atoms with Crippen LogP contribution in [0.2, 0.25) is 0 Å². The van der Waals surface area contributed by atoms with Crippen molar-refractivity contribution in [1.29, 1.82) is 0 Å². The molecule has 20 heavy (non-hydrogen) atoms. The minimum Gasteiger partial charge on any atom is -0.317 e. The molecule has 0 atom stereocenters. The summed E-state index contributed by atoms with van der Waals surface area (Å²) >= 11 is 5.28. The van der Waals surface area contributed by atoms with E-state index in [9.17, 15) is 4.79 Å². The highest BCUT2D eigenvalue weighted by atomic mass is 32.1. The maximum absolute atomic E-state index is 12.3. The zero-order chi connectivity index (χ0) is 14.9. The summed E-state index contributed by atoms with van der Waals surface area (Å²) in [7, 11) is 1.84. The molecule has 2 rings (SSSR count). The topological polar surface area (TPSA) is 23.6 Å². The molecule has 0 bridgehead atoms. The van der Waals surface area contributed by atoms with Crippen LogP contribution < -0.4 is 0 Å². The first-order valence-corrected chi connectivity index (χ1v) is 7.27. The van der Waals surface area contributed by atoms with Gasteiger partial charge in [-0.2, -0.15) is 0 Å². The van der Waals surface area contributed by atoms with E-state index in [1.165, 1.54) is 5.56 Å². The molecular formula is C16H20N2OS. The molecule has 1 aromatic carbocycles. The monoisotopic (exact) mass is 288 g/mol. The van der Waals surface area contributed by atoms with Crippen LogP contribution in [0, 0.1) is 0 Å². The third-order valence-electron chi connectivity index (χ3n) is 3.57. The van der Waals surface area contributed by atoms with Crippen molar-refractivity contribution in [1.82, 2.24) is 9.80 Å². The molecule has 0 aliphatic carbocycles. The Hall–Kier alpha value is -1.68. The summed E-state index contributed by atoms with van der Waals surface area (Å²) in [5.41, 5.74) is 2.95. The number of thiocarbonyl (C=S) groups is 1. The van der Waals surface area contributed by atoms with E-state index in [-0.39, 0.29) is 5.91 Å². The summed E-state index contributed by atoms with van der Waals surface area (Å²) in [6, 6.07) is 8.29. The van der Waals surface area contributed by atoms with Crippen molar-refractivity contribution in [3.8, 4) is 0 Å². The van der Waals surface area contributed by atoms with Gasteiger partial charge in [0, 0.05) is 13.6 Å². The molecule has 0 aromatic heterocycles. The van der Waals surface area contributed by atoms with Gasteiger partial charge in [0.05, 0.1) is 0 Å². The lowest BCUT2D eigenvalue weighted by Gasteiger charge is -2.13. The van der Waals surface area contributed by atoms with Crippen molar-refractivity contribution >= 4 is 29.3 Å². The molecule has 0 N–H and O–H groups in total. The van der Waals surface area contributed by atoms with Gasteiger partial charge in [0.25, 0.3) is 5.91 Å². The molecule has 1 aromatic rings.